The zero-order valence-electron chi connectivity index (χ0n) is 22.1. The summed E-state index contributed by atoms with van der Waals surface area (Å²) in [4.78, 5) is 28.0. The summed E-state index contributed by atoms with van der Waals surface area (Å²) in [6.45, 7) is 7.67. The van der Waals surface area contributed by atoms with Crippen LogP contribution in [-0.2, 0) is 26.2 Å². The van der Waals surface area contributed by atoms with Crippen LogP contribution in [0.15, 0.2) is 42.5 Å². The van der Waals surface area contributed by atoms with E-state index in [4.69, 9.17) is 9.47 Å². The predicted octanol–water partition coefficient (Wildman–Crippen LogP) is 2.97. The van der Waals surface area contributed by atoms with Crippen LogP contribution >= 0.6 is 0 Å². The molecule has 0 aliphatic carbocycles. The van der Waals surface area contributed by atoms with E-state index in [9.17, 15) is 18.0 Å². The van der Waals surface area contributed by atoms with Gasteiger partial charge >= 0.3 is 0 Å². The molecular weight excluding hydrogens is 482 g/mol. The fourth-order valence-corrected chi connectivity index (χ4v) is 4.44. The molecule has 0 aromatic heterocycles. The number of ether oxygens (including phenoxy) is 2. The molecule has 0 aliphatic heterocycles. The maximum atomic E-state index is 13.6. The van der Waals surface area contributed by atoms with E-state index in [1.165, 1.54) is 25.2 Å². The summed E-state index contributed by atoms with van der Waals surface area (Å²) in [7, 11) is -0.930. The molecular formula is C26H37N3O6S. The fraction of sp³-hybridized carbons (Fsp3) is 0.462. The molecule has 2 amide bonds. The minimum atomic E-state index is -3.85. The molecule has 0 aliphatic rings. The lowest BCUT2D eigenvalue weighted by Gasteiger charge is -2.32. The highest BCUT2D eigenvalue weighted by atomic mass is 32.2. The highest BCUT2D eigenvalue weighted by Crippen LogP contribution is 2.32. The van der Waals surface area contributed by atoms with Crippen LogP contribution in [0.5, 0.6) is 11.5 Å². The van der Waals surface area contributed by atoms with Crippen LogP contribution in [0.2, 0.25) is 0 Å². The first kappa shape index (κ1) is 29.0. The third-order valence-electron chi connectivity index (χ3n) is 5.79. The number of hydrogen-bond acceptors (Lipinski definition) is 6. The molecule has 0 saturated carbocycles. The van der Waals surface area contributed by atoms with Gasteiger partial charge in [-0.3, -0.25) is 13.9 Å². The molecule has 9 nitrogen and oxygen atoms in total. The van der Waals surface area contributed by atoms with E-state index >= 15 is 0 Å². The van der Waals surface area contributed by atoms with Crippen molar-refractivity contribution in [2.45, 2.75) is 40.3 Å². The molecule has 10 heteroatoms. The second-order valence-electron chi connectivity index (χ2n) is 9.07. The lowest BCUT2D eigenvalue weighted by atomic mass is 10.1. The van der Waals surface area contributed by atoms with Crippen molar-refractivity contribution in [2.75, 3.05) is 37.9 Å². The van der Waals surface area contributed by atoms with Crippen molar-refractivity contribution in [3.05, 3.63) is 53.6 Å². The largest absolute Gasteiger partial charge is 0.493 e. The normalized spacial score (nSPS) is 12.1. The third kappa shape index (κ3) is 7.61. The SMILES string of the molecule is COc1ccc(N(CC(=O)N(Cc2ccccc2C)[C@@H](C)C(=O)NCC(C)C)S(C)(=O)=O)cc1OC. The molecule has 1 atom stereocenters. The monoisotopic (exact) mass is 519 g/mol. The Labute approximate surface area is 214 Å². The molecule has 0 radical (unpaired) electrons. The van der Waals surface area contributed by atoms with E-state index in [2.05, 4.69) is 5.32 Å². The Balaban J connectivity index is 2.43. The van der Waals surface area contributed by atoms with Crippen LogP contribution < -0.4 is 19.1 Å². The minimum Gasteiger partial charge on any atom is -0.493 e. The van der Waals surface area contributed by atoms with E-state index in [0.717, 1.165) is 21.7 Å². The van der Waals surface area contributed by atoms with Crippen LogP contribution in [0, 0.1) is 12.8 Å². The van der Waals surface area contributed by atoms with Gasteiger partial charge in [0.2, 0.25) is 21.8 Å². The number of amides is 2. The standard InChI is InChI=1S/C26H37N3O6S/c1-18(2)15-27-26(31)20(4)28(16-21-11-9-8-10-19(21)3)25(30)17-29(36(7,32)33)22-12-13-23(34-5)24(14-22)35-6/h8-14,18,20H,15-17H2,1-7H3,(H,27,31)/t20-/m0/s1. The summed E-state index contributed by atoms with van der Waals surface area (Å²) >= 11 is 0. The van der Waals surface area contributed by atoms with Gasteiger partial charge in [-0.1, -0.05) is 38.1 Å². The topological polar surface area (TPSA) is 105 Å². The van der Waals surface area contributed by atoms with Crippen molar-refractivity contribution in [3.8, 4) is 11.5 Å². The minimum absolute atomic E-state index is 0.158. The highest BCUT2D eigenvalue weighted by molar-refractivity contribution is 7.92. The zero-order valence-corrected chi connectivity index (χ0v) is 22.9. The molecule has 2 rings (SSSR count). The van der Waals surface area contributed by atoms with Gasteiger partial charge in [0.25, 0.3) is 0 Å². The Morgan fingerprint density at radius 1 is 1.00 bits per heavy atom. The molecule has 0 bridgehead atoms. The van der Waals surface area contributed by atoms with Gasteiger partial charge in [-0.2, -0.15) is 0 Å². The number of sulfonamides is 1. The summed E-state index contributed by atoms with van der Waals surface area (Å²) in [5, 5.41) is 2.87. The van der Waals surface area contributed by atoms with Crippen molar-refractivity contribution in [1.29, 1.82) is 0 Å². The summed E-state index contributed by atoms with van der Waals surface area (Å²) in [5.74, 6) is 0.188. The van der Waals surface area contributed by atoms with Crippen molar-refractivity contribution < 1.29 is 27.5 Å². The Morgan fingerprint density at radius 3 is 2.19 bits per heavy atom. The average molecular weight is 520 g/mol. The number of aryl methyl sites for hydroxylation is 1. The molecule has 36 heavy (non-hydrogen) atoms. The molecule has 2 aromatic rings. The van der Waals surface area contributed by atoms with Crippen LogP contribution in [-0.4, -0.2) is 64.7 Å². The van der Waals surface area contributed by atoms with Gasteiger partial charge in [-0.05, 0) is 43.0 Å². The van der Waals surface area contributed by atoms with E-state index in [0.29, 0.717) is 18.0 Å². The second-order valence-corrected chi connectivity index (χ2v) is 11.0. The molecule has 0 heterocycles. The van der Waals surface area contributed by atoms with Crippen molar-refractivity contribution >= 4 is 27.5 Å². The van der Waals surface area contributed by atoms with Gasteiger partial charge in [0.05, 0.1) is 26.2 Å². The van der Waals surface area contributed by atoms with E-state index < -0.39 is 28.5 Å². The second kappa shape index (κ2) is 12.6. The van der Waals surface area contributed by atoms with Crippen LogP contribution in [0.25, 0.3) is 0 Å². The maximum absolute atomic E-state index is 13.6. The van der Waals surface area contributed by atoms with Crippen LogP contribution in [0.3, 0.4) is 0 Å². The molecule has 0 unspecified atom stereocenters. The average Bonchev–Trinajstić information content (AvgIpc) is 2.83. The first-order valence-corrected chi connectivity index (χ1v) is 13.5. The summed E-state index contributed by atoms with van der Waals surface area (Å²) < 4.78 is 37.0. The number of nitrogens with one attached hydrogen (secondary N) is 1. The molecule has 198 valence electrons. The number of rotatable bonds is 12. The van der Waals surface area contributed by atoms with Crippen molar-refractivity contribution in [2.24, 2.45) is 5.92 Å². The number of nitrogens with zero attached hydrogens (tertiary/aromatic N) is 2. The van der Waals surface area contributed by atoms with E-state index in [1.54, 1.807) is 19.1 Å². The Bertz CT molecular complexity index is 1170. The quantitative estimate of drug-likeness (QED) is 0.462. The van der Waals surface area contributed by atoms with Gasteiger partial charge in [0.15, 0.2) is 11.5 Å². The number of anilines is 1. The van der Waals surface area contributed by atoms with Crippen molar-refractivity contribution in [3.63, 3.8) is 0 Å². The zero-order chi connectivity index (χ0) is 27.0. The Hall–Kier alpha value is -3.27. The maximum Gasteiger partial charge on any atom is 0.244 e. The first-order valence-electron chi connectivity index (χ1n) is 11.7. The van der Waals surface area contributed by atoms with Gasteiger partial charge in [0.1, 0.15) is 12.6 Å². The highest BCUT2D eigenvalue weighted by Gasteiger charge is 2.30. The summed E-state index contributed by atoms with van der Waals surface area (Å²) in [6, 6.07) is 11.4. The Kier molecular flexibility index (Phi) is 10.2. The number of methoxy groups -OCH3 is 2. The van der Waals surface area contributed by atoms with Gasteiger partial charge in [0, 0.05) is 19.2 Å². The van der Waals surface area contributed by atoms with Crippen LogP contribution in [0.4, 0.5) is 5.69 Å². The lowest BCUT2D eigenvalue weighted by molar-refractivity contribution is -0.139. The van der Waals surface area contributed by atoms with Crippen molar-refractivity contribution in [1.82, 2.24) is 10.2 Å². The lowest BCUT2D eigenvalue weighted by Crippen LogP contribution is -2.51. The van der Waals surface area contributed by atoms with Gasteiger partial charge < -0.3 is 19.7 Å². The first-order chi connectivity index (χ1) is 16.9. The van der Waals surface area contributed by atoms with Gasteiger partial charge in [-0.15, -0.1) is 0 Å². The molecule has 0 fully saturated rings. The fourth-order valence-electron chi connectivity index (χ4n) is 3.60. The molecule has 1 N–H and O–H groups in total. The predicted molar refractivity (Wildman–Crippen MR) is 141 cm³/mol. The number of benzene rings is 2. The molecule has 0 saturated heterocycles. The summed E-state index contributed by atoms with van der Waals surface area (Å²) in [6.07, 6.45) is 1.03. The Morgan fingerprint density at radius 2 is 1.64 bits per heavy atom. The van der Waals surface area contributed by atoms with E-state index in [1.807, 2.05) is 45.0 Å². The van der Waals surface area contributed by atoms with Crippen LogP contribution in [0.1, 0.15) is 31.9 Å². The van der Waals surface area contributed by atoms with Gasteiger partial charge in [-0.25, -0.2) is 8.42 Å². The van der Waals surface area contributed by atoms with E-state index in [-0.39, 0.29) is 24.1 Å². The molecule has 2 aromatic carbocycles. The molecule has 0 spiro atoms. The number of carbonyl (C=O) groups excluding carboxylic acids is 2. The number of hydrogen-bond donors (Lipinski definition) is 1. The third-order valence-corrected chi connectivity index (χ3v) is 6.93. The smallest absolute Gasteiger partial charge is 0.244 e. The summed E-state index contributed by atoms with van der Waals surface area (Å²) in [5.41, 5.74) is 2.08. The number of carbonyl (C=O) groups is 2.